The largest absolute Gasteiger partial charge is 0.463 e. The molecule has 0 radical (unpaired) electrons. The molecule has 1 aliphatic carbocycles. The smallest absolute Gasteiger partial charge is 0.330 e. The lowest BCUT2D eigenvalue weighted by Gasteiger charge is -2.37. The summed E-state index contributed by atoms with van der Waals surface area (Å²) in [4.78, 5) is 26.8. The van der Waals surface area contributed by atoms with Crippen molar-refractivity contribution in [3.63, 3.8) is 0 Å². The number of alkyl halides is 1. The van der Waals surface area contributed by atoms with Crippen LogP contribution in [0.1, 0.15) is 37.8 Å². The highest BCUT2D eigenvalue weighted by Gasteiger charge is 2.41. The van der Waals surface area contributed by atoms with Gasteiger partial charge in [0.05, 0.1) is 12.6 Å². The van der Waals surface area contributed by atoms with Crippen LogP contribution < -0.4 is 0 Å². The molecule has 1 saturated carbocycles. The van der Waals surface area contributed by atoms with Gasteiger partial charge in [0.1, 0.15) is 5.82 Å². The molecule has 1 heterocycles. The Balaban J connectivity index is 1.88. The van der Waals surface area contributed by atoms with Crippen molar-refractivity contribution in [1.29, 1.82) is 0 Å². The van der Waals surface area contributed by atoms with E-state index in [4.69, 9.17) is 4.74 Å². The minimum atomic E-state index is -0.603. The summed E-state index contributed by atoms with van der Waals surface area (Å²) < 4.78 is 19.5. The fourth-order valence-electron chi connectivity index (χ4n) is 3.39. The maximum Gasteiger partial charge on any atom is 0.330 e. The number of rotatable bonds is 6. The summed E-state index contributed by atoms with van der Waals surface area (Å²) in [5.41, 5.74) is 1.28. The van der Waals surface area contributed by atoms with Crippen molar-refractivity contribution in [2.45, 2.75) is 37.1 Å². The Labute approximate surface area is 161 Å². The molecule has 2 aliphatic rings. The Kier molecular flexibility index (Phi) is 6.24. The van der Waals surface area contributed by atoms with Gasteiger partial charge in [-0.1, -0.05) is 34.1 Å². The van der Waals surface area contributed by atoms with Crippen molar-refractivity contribution in [3.8, 4) is 0 Å². The second-order valence-corrected chi connectivity index (χ2v) is 7.90. The van der Waals surface area contributed by atoms with Gasteiger partial charge < -0.3 is 4.74 Å². The van der Waals surface area contributed by atoms with Crippen LogP contribution in [0.3, 0.4) is 0 Å². The molecule has 6 heteroatoms. The summed E-state index contributed by atoms with van der Waals surface area (Å²) in [5, 5.41) is 0. The molecule has 1 aromatic carbocycles. The van der Waals surface area contributed by atoms with Gasteiger partial charge in [0.2, 0.25) is 0 Å². The summed E-state index contributed by atoms with van der Waals surface area (Å²) in [5.74, 6) is -0.634. The van der Waals surface area contributed by atoms with Crippen LogP contribution >= 0.6 is 15.9 Å². The summed E-state index contributed by atoms with van der Waals surface area (Å²) in [7, 11) is 0. The lowest BCUT2D eigenvalue weighted by Crippen LogP contribution is -2.42. The van der Waals surface area contributed by atoms with Crippen LogP contribution in [0, 0.1) is 11.7 Å². The van der Waals surface area contributed by atoms with Gasteiger partial charge in [-0.15, -0.1) is 0 Å². The van der Waals surface area contributed by atoms with Crippen molar-refractivity contribution in [3.05, 3.63) is 47.3 Å². The number of hydrogen-bond donors (Lipinski definition) is 0. The Hall–Kier alpha value is -1.53. The summed E-state index contributed by atoms with van der Waals surface area (Å²) in [6.45, 7) is 3.18. The Morgan fingerprint density at radius 2 is 2.08 bits per heavy atom. The van der Waals surface area contributed by atoms with Crippen molar-refractivity contribution in [1.82, 2.24) is 4.90 Å². The van der Waals surface area contributed by atoms with Gasteiger partial charge >= 0.3 is 5.97 Å². The molecular weight excluding hydrogens is 401 g/mol. The third-order valence-corrected chi connectivity index (χ3v) is 5.91. The Bertz CT molecular complexity index is 717. The number of hydrogen-bond acceptors (Lipinski definition) is 4. The molecule has 0 spiro atoms. The van der Waals surface area contributed by atoms with Crippen LogP contribution in [-0.2, 0) is 14.3 Å². The molecule has 1 saturated heterocycles. The number of halogens is 2. The monoisotopic (exact) mass is 423 g/mol. The highest BCUT2D eigenvalue weighted by Crippen LogP contribution is 2.39. The first kappa shape index (κ1) is 19.2. The van der Waals surface area contributed by atoms with E-state index in [9.17, 15) is 14.0 Å². The molecule has 3 rings (SSSR count). The van der Waals surface area contributed by atoms with Crippen LogP contribution in [0.25, 0.3) is 0 Å². The first-order valence-corrected chi connectivity index (χ1v) is 9.96. The predicted octanol–water partition coefficient (Wildman–Crippen LogP) is 3.80. The highest BCUT2D eigenvalue weighted by molar-refractivity contribution is 9.09. The van der Waals surface area contributed by atoms with E-state index >= 15 is 0 Å². The molecule has 0 aromatic heterocycles. The number of piperidine rings is 1. The average Bonchev–Trinajstić information content (AvgIpc) is 3.45. The topological polar surface area (TPSA) is 46.6 Å². The van der Waals surface area contributed by atoms with Gasteiger partial charge in [0.15, 0.2) is 5.78 Å². The molecule has 4 nitrogen and oxygen atoms in total. The predicted molar refractivity (Wildman–Crippen MR) is 100 cm³/mol. The SMILES string of the molecule is CCOC(=O)/C=C1\CN(C(C(=O)C2CC2)c2ccccc2F)CCC1Br. The molecule has 0 N–H and O–H groups in total. The second kappa shape index (κ2) is 8.44. The number of Topliss-reactive ketones (excluding diaryl/α,β-unsaturated/α-hetero) is 1. The third kappa shape index (κ3) is 4.41. The van der Waals surface area contributed by atoms with E-state index < -0.39 is 6.04 Å². The quantitative estimate of drug-likeness (QED) is 0.396. The van der Waals surface area contributed by atoms with Crippen LogP contribution in [-0.4, -0.2) is 41.2 Å². The molecule has 1 aliphatic heterocycles. The van der Waals surface area contributed by atoms with Gasteiger partial charge in [0, 0.05) is 35.5 Å². The molecule has 1 aromatic rings. The molecule has 0 bridgehead atoms. The van der Waals surface area contributed by atoms with E-state index in [0.29, 0.717) is 25.3 Å². The standard InChI is InChI=1S/C20H23BrFNO3/c1-2-26-18(24)11-14-12-23(10-9-16(14)21)19(20(25)13-7-8-13)15-5-3-4-6-17(15)22/h3-6,11,13,16,19H,2,7-10,12H2,1H3/b14-11+. The molecule has 0 amide bonds. The lowest BCUT2D eigenvalue weighted by molar-refractivity contribution is -0.137. The van der Waals surface area contributed by atoms with Crippen molar-refractivity contribution in [2.75, 3.05) is 19.7 Å². The van der Waals surface area contributed by atoms with Gasteiger partial charge in [-0.3, -0.25) is 9.69 Å². The Morgan fingerprint density at radius 1 is 1.35 bits per heavy atom. The molecular formula is C20H23BrFNO3. The number of carbonyl (C=O) groups is 2. The van der Waals surface area contributed by atoms with Crippen molar-refractivity contribution >= 4 is 27.7 Å². The first-order chi connectivity index (χ1) is 12.5. The van der Waals surface area contributed by atoms with Gasteiger partial charge in [0.25, 0.3) is 0 Å². The number of carbonyl (C=O) groups excluding carboxylic acids is 2. The minimum absolute atomic E-state index is 0.0267. The first-order valence-electron chi connectivity index (χ1n) is 9.04. The van der Waals surface area contributed by atoms with Gasteiger partial charge in [-0.05, 0) is 37.8 Å². The molecule has 140 valence electrons. The van der Waals surface area contributed by atoms with Crippen molar-refractivity contribution < 1.29 is 18.7 Å². The Morgan fingerprint density at radius 3 is 2.73 bits per heavy atom. The summed E-state index contributed by atoms with van der Waals surface area (Å²) in [6, 6.07) is 5.88. The highest BCUT2D eigenvalue weighted by atomic mass is 79.9. The normalized spacial score (nSPS) is 23.7. The fraction of sp³-hybridized carbons (Fsp3) is 0.500. The molecule has 2 unspecified atom stereocenters. The van der Waals surface area contributed by atoms with Crippen LogP contribution in [0.2, 0.25) is 0 Å². The zero-order valence-corrected chi connectivity index (χ0v) is 16.4. The van der Waals surface area contributed by atoms with E-state index in [1.54, 1.807) is 25.1 Å². The second-order valence-electron chi connectivity index (χ2n) is 6.80. The molecule has 26 heavy (non-hydrogen) atoms. The van der Waals surface area contributed by atoms with E-state index in [1.807, 2.05) is 4.90 Å². The van der Waals surface area contributed by atoms with E-state index in [0.717, 1.165) is 24.8 Å². The van der Waals surface area contributed by atoms with Crippen LogP contribution in [0.5, 0.6) is 0 Å². The maximum absolute atomic E-state index is 14.4. The number of nitrogens with zero attached hydrogens (tertiary/aromatic N) is 1. The number of esters is 1. The third-order valence-electron chi connectivity index (χ3n) is 4.86. The molecule has 2 fully saturated rings. The van der Waals surface area contributed by atoms with E-state index in [2.05, 4.69) is 15.9 Å². The summed E-state index contributed by atoms with van der Waals surface area (Å²) in [6.07, 6.45) is 4.00. The number of benzene rings is 1. The van der Waals surface area contributed by atoms with Crippen molar-refractivity contribution in [2.24, 2.45) is 5.92 Å². The van der Waals surface area contributed by atoms with Crippen LogP contribution in [0.4, 0.5) is 4.39 Å². The number of ether oxygens (including phenoxy) is 1. The molecule has 2 atom stereocenters. The zero-order valence-electron chi connectivity index (χ0n) is 14.8. The van der Waals surface area contributed by atoms with Gasteiger partial charge in [-0.25, -0.2) is 9.18 Å². The zero-order chi connectivity index (χ0) is 18.7. The van der Waals surface area contributed by atoms with Crippen LogP contribution in [0.15, 0.2) is 35.9 Å². The maximum atomic E-state index is 14.4. The number of ketones is 1. The average molecular weight is 424 g/mol. The van der Waals surface area contributed by atoms with Gasteiger partial charge in [-0.2, -0.15) is 0 Å². The van der Waals surface area contributed by atoms with E-state index in [1.165, 1.54) is 12.1 Å². The van der Waals surface area contributed by atoms with E-state index in [-0.39, 0.29) is 28.3 Å². The lowest BCUT2D eigenvalue weighted by atomic mass is 9.94. The number of likely N-dealkylation sites (tertiary alicyclic amines) is 1. The summed E-state index contributed by atoms with van der Waals surface area (Å²) >= 11 is 3.60. The fourth-order valence-corrected chi connectivity index (χ4v) is 3.87. The minimum Gasteiger partial charge on any atom is -0.463 e.